The Labute approximate surface area is 106 Å². The molecule has 2 heterocycles. The molecule has 2 rings (SSSR count). The highest BCUT2D eigenvalue weighted by atomic mass is 32.2. The number of ketones is 1. The summed E-state index contributed by atoms with van der Waals surface area (Å²) in [5.41, 5.74) is 3.10. The number of aromatic nitrogens is 1. The summed E-state index contributed by atoms with van der Waals surface area (Å²) < 4.78 is 5.38. The standard InChI is InChI=1S/C13H17NO2S/c1-8-5-14-11(9(2)13(8)16-3)4-10-6-17-7-12(10)15/h5,10H,4,6-7H2,1-3H3. The molecule has 0 spiro atoms. The first-order valence-electron chi connectivity index (χ1n) is 5.73. The van der Waals surface area contributed by atoms with Crippen LogP contribution in [-0.2, 0) is 11.2 Å². The zero-order chi connectivity index (χ0) is 12.4. The van der Waals surface area contributed by atoms with E-state index < -0.39 is 0 Å². The number of aryl methyl sites for hydroxylation is 1. The van der Waals surface area contributed by atoms with E-state index in [2.05, 4.69) is 4.98 Å². The van der Waals surface area contributed by atoms with E-state index in [1.165, 1.54) is 0 Å². The number of methoxy groups -OCH3 is 1. The molecule has 1 atom stereocenters. The van der Waals surface area contributed by atoms with Gasteiger partial charge in [-0.05, 0) is 13.8 Å². The second-order valence-electron chi connectivity index (χ2n) is 4.43. The van der Waals surface area contributed by atoms with Crippen LogP contribution in [0.1, 0.15) is 16.8 Å². The van der Waals surface area contributed by atoms with Crippen molar-refractivity contribution in [1.29, 1.82) is 0 Å². The number of hydrogen-bond acceptors (Lipinski definition) is 4. The number of rotatable bonds is 3. The molecule has 0 saturated carbocycles. The van der Waals surface area contributed by atoms with Crippen LogP contribution < -0.4 is 4.74 Å². The number of Topliss-reactive ketones (excluding diaryl/α,β-unsaturated/α-hetero) is 1. The van der Waals surface area contributed by atoms with Gasteiger partial charge in [-0.2, -0.15) is 11.8 Å². The van der Waals surface area contributed by atoms with E-state index in [1.807, 2.05) is 20.0 Å². The first-order valence-corrected chi connectivity index (χ1v) is 6.88. The van der Waals surface area contributed by atoms with E-state index in [9.17, 15) is 4.79 Å². The molecule has 1 aliphatic heterocycles. The Balaban J connectivity index is 2.24. The molecule has 1 saturated heterocycles. The van der Waals surface area contributed by atoms with Crippen LogP contribution in [0.5, 0.6) is 5.75 Å². The highest BCUT2D eigenvalue weighted by Crippen LogP contribution is 2.28. The average molecular weight is 251 g/mol. The van der Waals surface area contributed by atoms with Crippen molar-refractivity contribution in [2.75, 3.05) is 18.6 Å². The Morgan fingerprint density at radius 1 is 1.53 bits per heavy atom. The van der Waals surface area contributed by atoms with Crippen molar-refractivity contribution in [3.63, 3.8) is 0 Å². The molecule has 1 aliphatic rings. The van der Waals surface area contributed by atoms with Gasteiger partial charge in [0.25, 0.3) is 0 Å². The van der Waals surface area contributed by atoms with Crippen LogP contribution in [0.25, 0.3) is 0 Å². The van der Waals surface area contributed by atoms with Gasteiger partial charge >= 0.3 is 0 Å². The number of thioether (sulfide) groups is 1. The zero-order valence-corrected chi connectivity index (χ0v) is 11.3. The Morgan fingerprint density at radius 2 is 2.29 bits per heavy atom. The van der Waals surface area contributed by atoms with Gasteiger partial charge in [0.2, 0.25) is 0 Å². The molecule has 17 heavy (non-hydrogen) atoms. The van der Waals surface area contributed by atoms with Crippen molar-refractivity contribution >= 4 is 17.5 Å². The first-order chi connectivity index (χ1) is 8.13. The minimum atomic E-state index is 0.138. The molecule has 1 aromatic heterocycles. The summed E-state index contributed by atoms with van der Waals surface area (Å²) in [5, 5.41) is 0. The lowest BCUT2D eigenvalue weighted by Gasteiger charge is -2.14. The average Bonchev–Trinajstić information content (AvgIpc) is 2.69. The van der Waals surface area contributed by atoms with Crippen LogP contribution in [0.2, 0.25) is 0 Å². The molecule has 3 nitrogen and oxygen atoms in total. The second kappa shape index (κ2) is 5.08. The SMILES string of the molecule is COc1c(C)cnc(CC2CSCC2=O)c1C. The normalized spacial score (nSPS) is 19.7. The summed E-state index contributed by atoms with van der Waals surface area (Å²) in [4.78, 5) is 16.1. The highest BCUT2D eigenvalue weighted by Gasteiger charge is 2.26. The summed E-state index contributed by atoms with van der Waals surface area (Å²) in [7, 11) is 1.68. The molecule has 1 unspecified atom stereocenters. The van der Waals surface area contributed by atoms with E-state index in [4.69, 9.17) is 4.74 Å². The molecule has 0 aliphatic carbocycles. The van der Waals surface area contributed by atoms with Crippen molar-refractivity contribution in [2.24, 2.45) is 5.92 Å². The maximum Gasteiger partial charge on any atom is 0.147 e. The van der Waals surface area contributed by atoms with Crippen molar-refractivity contribution in [1.82, 2.24) is 4.98 Å². The van der Waals surface area contributed by atoms with Gasteiger partial charge in [0.05, 0.1) is 12.9 Å². The third-order valence-corrected chi connectivity index (χ3v) is 4.33. The summed E-state index contributed by atoms with van der Waals surface area (Å²) in [6, 6.07) is 0. The number of hydrogen-bond donors (Lipinski definition) is 0. The fraction of sp³-hybridized carbons (Fsp3) is 0.538. The second-order valence-corrected chi connectivity index (χ2v) is 5.46. The maximum absolute atomic E-state index is 11.6. The van der Waals surface area contributed by atoms with Gasteiger partial charge in [0, 0.05) is 41.1 Å². The lowest BCUT2D eigenvalue weighted by Crippen LogP contribution is -2.16. The van der Waals surface area contributed by atoms with Crippen molar-refractivity contribution in [3.8, 4) is 5.75 Å². The summed E-state index contributed by atoms with van der Waals surface area (Å²) in [6.45, 7) is 4.00. The van der Waals surface area contributed by atoms with E-state index in [0.29, 0.717) is 11.5 Å². The Hall–Kier alpha value is -1.03. The summed E-state index contributed by atoms with van der Waals surface area (Å²) >= 11 is 1.72. The lowest BCUT2D eigenvalue weighted by atomic mass is 9.98. The molecule has 0 aromatic carbocycles. The van der Waals surface area contributed by atoms with Crippen LogP contribution in [0, 0.1) is 19.8 Å². The number of carbonyl (C=O) groups is 1. The number of carbonyl (C=O) groups excluding carboxylic acids is 1. The predicted octanol–water partition coefficient (Wildman–Crippen LogP) is 2.18. The molecule has 0 radical (unpaired) electrons. The molecule has 0 amide bonds. The van der Waals surface area contributed by atoms with Crippen LogP contribution >= 0.6 is 11.8 Å². The van der Waals surface area contributed by atoms with Gasteiger partial charge in [-0.15, -0.1) is 0 Å². The van der Waals surface area contributed by atoms with E-state index in [-0.39, 0.29) is 5.92 Å². The van der Waals surface area contributed by atoms with Gasteiger partial charge in [-0.3, -0.25) is 9.78 Å². The zero-order valence-electron chi connectivity index (χ0n) is 10.4. The largest absolute Gasteiger partial charge is 0.496 e. The highest BCUT2D eigenvalue weighted by molar-refractivity contribution is 8.00. The third-order valence-electron chi connectivity index (χ3n) is 3.21. The van der Waals surface area contributed by atoms with E-state index >= 15 is 0 Å². The first kappa shape index (κ1) is 12.4. The van der Waals surface area contributed by atoms with Gasteiger partial charge in [-0.25, -0.2) is 0 Å². The number of nitrogens with zero attached hydrogens (tertiary/aromatic N) is 1. The summed E-state index contributed by atoms with van der Waals surface area (Å²) in [6.07, 6.45) is 2.57. The van der Waals surface area contributed by atoms with Crippen molar-refractivity contribution < 1.29 is 9.53 Å². The Morgan fingerprint density at radius 3 is 2.88 bits per heavy atom. The molecule has 1 fully saturated rings. The van der Waals surface area contributed by atoms with Crippen molar-refractivity contribution in [2.45, 2.75) is 20.3 Å². The minimum absolute atomic E-state index is 0.138. The van der Waals surface area contributed by atoms with Gasteiger partial charge < -0.3 is 4.74 Å². The molecule has 0 bridgehead atoms. The van der Waals surface area contributed by atoms with Gasteiger partial charge in [0.1, 0.15) is 11.5 Å². The van der Waals surface area contributed by atoms with Crippen LogP contribution in [0.3, 0.4) is 0 Å². The molecular weight excluding hydrogens is 234 g/mol. The molecule has 92 valence electrons. The van der Waals surface area contributed by atoms with Crippen LogP contribution in [-0.4, -0.2) is 29.4 Å². The Bertz CT molecular complexity index is 445. The quantitative estimate of drug-likeness (QED) is 0.825. The molecule has 4 heteroatoms. The third kappa shape index (κ3) is 2.46. The maximum atomic E-state index is 11.6. The lowest BCUT2D eigenvalue weighted by molar-refractivity contribution is -0.119. The predicted molar refractivity (Wildman–Crippen MR) is 69.8 cm³/mol. The van der Waals surface area contributed by atoms with Crippen LogP contribution in [0.4, 0.5) is 0 Å². The molecule has 0 N–H and O–H groups in total. The van der Waals surface area contributed by atoms with Gasteiger partial charge in [0.15, 0.2) is 0 Å². The monoisotopic (exact) mass is 251 g/mol. The number of pyridine rings is 1. The fourth-order valence-electron chi connectivity index (χ4n) is 2.20. The number of ether oxygens (including phenoxy) is 1. The van der Waals surface area contributed by atoms with E-state index in [1.54, 1.807) is 18.9 Å². The van der Waals surface area contributed by atoms with Crippen LogP contribution in [0.15, 0.2) is 6.20 Å². The minimum Gasteiger partial charge on any atom is -0.496 e. The Kier molecular flexibility index (Phi) is 3.72. The summed E-state index contributed by atoms with van der Waals surface area (Å²) in [5.74, 6) is 2.98. The topological polar surface area (TPSA) is 39.2 Å². The smallest absolute Gasteiger partial charge is 0.147 e. The molecular formula is C13H17NO2S. The fourth-order valence-corrected chi connectivity index (χ4v) is 3.34. The van der Waals surface area contributed by atoms with Crippen molar-refractivity contribution in [3.05, 3.63) is 23.0 Å². The molecule has 1 aromatic rings. The van der Waals surface area contributed by atoms with E-state index in [0.717, 1.165) is 34.7 Å². The van der Waals surface area contributed by atoms with Gasteiger partial charge in [-0.1, -0.05) is 0 Å².